The number of pyridine rings is 1. The van der Waals surface area contributed by atoms with Crippen LogP contribution in [0.15, 0.2) is 91.1 Å². The van der Waals surface area contributed by atoms with Gasteiger partial charge in [0.25, 0.3) is 27.8 Å². The number of benzene rings is 3. The lowest BCUT2D eigenvalue weighted by atomic mass is 9.39. The van der Waals surface area contributed by atoms with E-state index in [9.17, 15) is 107 Å². The minimum atomic E-state index is -4.44. The number of ether oxygens (including phenoxy) is 4. The Balaban J connectivity index is 0.681. The Bertz CT molecular complexity index is 5200. The number of aromatic nitrogens is 4. The van der Waals surface area contributed by atoms with Crippen LogP contribution < -0.4 is 20.9 Å². The molecule has 6 aromatic rings. The number of carbonyl (C=O) groups is 10. The number of thiazole rings is 1. The summed E-state index contributed by atoms with van der Waals surface area (Å²) in [5.74, 6) is -8.78. The topological polar surface area (TPSA) is 537 Å². The van der Waals surface area contributed by atoms with Gasteiger partial charge in [-0.3, -0.25) is 53.0 Å². The Hall–Kier alpha value is -10.1. The molecular weight excluding hydrogens is 1670 g/mol. The number of carboxylic acid groups (broad SMARTS) is 2. The van der Waals surface area contributed by atoms with Crippen LogP contribution in [0, 0.1) is 29.1 Å². The third-order valence-corrected chi connectivity index (χ3v) is 26.8. The van der Waals surface area contributed by atoms with Crippen molar-refractivity contribution in [2.24, 2.45) is 22.2 Å². The number of aliphatic hydroxyl groups excluding tert-OH is 7. The number of carboxylic acids is 2. The number of anilines is 2. The van der Waals surface area contributed by atoms with Gasteiger partial charge in [-0.25, -0.2) is 24.4 Å². The SMILES string of the molecule is Cc1c(-c2ccc(N3CCc4cccc(C(=O)Nc5nc6ccccc6s5)c4C3)nc2C(=O)O)cnn1CC12CC3(C)CC(C)(C1)CC(OCCN(CC[C@@H](O)[C@H](O)[C@H](O)CO)C(=O)OCc1ccc(CC(=O)[C@H](C)NC(=O)[C@@H](NC(=O)CN4C(=O)C(N5C(=O)C=CC5=O)C[C@H]4COCCS(=O)(=O)O)C(C)C)cc1CC[C@@H]1O[C@H](C(=O)O)[C@@H](O)[C@H](O)[C@H]1O)(C3)C2. The molecule has 4 aliphatic carbocycles. The van der Waals surface area contributed by atoms with Gasteiger partial charge in [-0.2, -0.15) is 13.5 Å². The van der Waals surface area contributed by atoms with Crippen LogP contribution in [0.3, 0.4) is 0 Å². The van der Waals surface area contributed by atoms with Crippen LogP contribution in [0.1, 0.15) is 147 Å². The van der Waals surface area contributed by atoms with Crippen molar-refractivity contribution in [3.8, 4) is 11.1 Å². The minimum absolute atomic E-state index is 0.0494. The highest BCUT2D eigenvalue weighted by Crippen LogP contribution is 2.72. The van der Waals surface area contributed by atoms with E-state index >= 15 is 0 Å². The Morgan fingerprint density at radius 2 is 1.54 bits per heavy atom. The quantitative estimate of drug-likeness (QED) is 0.0150. The molecule has 0 spiro atoms. The van der Waals surface area contributed by atoms with Crippen LogP contribution in [-0.4, -0.2) is 290 Å². The molecule has 125 heavy (non-hydrogen) atoms. The van der Waals surface area contributed by atoms with Gasteiger partial charge in [0.15, 0.2) is 22.7 Å². The second-order valence-corrected chi connectivity index (χ2v) is 38.0. The Labute approximate surface area is 723 Å². The zero-order chi connectivity index (χ0) is 90.1. The molecule has 3 aromatic heterocycles. The molecule has 7 amide bonds. The van der Waals surface area contributed by atoms with Gasteiger partial charge in [0.05, 0.1) is 85.0 Å². The number of hydrogen-bond donors (Lipinski definition) is 13. The predicted octanol–water partition coefficient (Wildman–Crippen LogP) is 3.04. The van der Waals surface area contributed by atoms with E-state index in [1.54, 1.807) is 56.4 Å². The molecule has 14 rings (SSSR count). The second-order valence-electron chi connectivity index (χ2n) is 35.4. The van der Waals surface area contributed by atoms with E-state index < -0.39 is 180 Å². The number of amides is 7. The Morgan fingerprint density at radius 3 is 2.22 bits per heavy atom. The lowest BCUT2D eigenvalue weighted by molar-refractivity contribution is -0.248. The molecule has 2 saturated heterocycles. The number of para-hydroxylation sites is 1. The summed E-state index contributed by atoms with van der Waals surface area (Å²) < 4.78 is 59.1. The van der Waals surface area contributed by atoms with E-state index in [1.165, 1.54) is 23.2 Å². The fraction of sp³-hybridized carbons (Fsp3) is 0.547. The van der Waals surface area contributed by atoms with Crippen molar-refractivity contribution in [3.05, 3.63) is 136 Å². The number of aryl methyl sites for hydroxylation is 1. The number of aromatic carboxylic acids is 1. The average Bonchev–Trinajstić information content (AvgIpc) is 1.10. The first kappa shape index (κ1) is 92.5. The monoisotopic (exact) mass is 1770 g/mol. The number of hydrogen-bond acceptors (Lipinski definition) is 28. The summed E-state index contributed by atoms with van der Waals surface area (Å²) in [6.07, 6.45) is -7.64. The Kier molecular flexibility index (Phi) is 28.0. The van der Waals surface area contributed by atoms with E-state index in [4.69, 9.17) is 29.0 Å². The third-order valence-electron chi connectivity index (χ3n) is 25.2. The first-order chi connectivity index (χ1) is 59.1. The molecule has 3 aromatic carbocycles. The number of nitrogens with zero attached hydrogens (tertiary/aromatic N) is 8. The molecule has 7 heterocycles. The molecule has 4 bridgehead atoms. The lowest BCUT2D eigenvalue weighted by Crippen LogP contribution is -2.64. The summed E-state index contributed by atoms with van der Waals surface area (Å²) in [6, 6.07) is 16.5. The maximum absolute atomic E-state index is 14.7. The molecular formula is C86H107N11O26S2. The van der Waals surface area contributed by atoms with Gasteiger partial charge in [0.1, 0.15) is 55.0 Å². The lowest BCUT2D eigenvalue weighted by Gasteiger charge is -2.69. The summed E-state index contributed by atoms with van der Waals surface area (Å²) in [5, 5.41) is 109. The normalized spacial score (nSPS) is 25.8. The standard InChI is InChI=1S/C86H107N11O26S2/c1-46(2)69(91-66(102)35-95-53(38-120-28-29-125(117,118)119)32-59(78(95)111)97-67(103)20-21-68(97)104)77(110)88-47(3)61(100)31-49-14-15-52(51(30-49)16-18-63-72(106)73(107)74(108)75(123-63)80(114)115)37-121-82(116)93(25-23-60(99)71(105)62(101)36-98)26-27-122-86-42-83(5)39-84(6,43-86)41-85(40-83,44-86)45-96-48(4)56(33-87-96)54-17-19-65(90-70(54)79(112)113)94-24-22-50-10-9-11-55(57(50)34-94)76(109)92-81-89-58-12-7-8-13-64(58)124-81/h7-15,17,19-21,30,33,46-47,53,59-60,62-63,69,71-75,98-99,101,105-108H,16,18,22-29,31-32,34-45H2,1-6H3,(H,88,110)(H,91,102)(H,112,113)(H,114,115)(H,89,92,109)(H,117,118,119)/t47-,53-,59?,60+,62+,63-,69-,71-,72-,73+,74-,75-,83?,84?,85?,86?/m0/s1. The molecule has 4 saturated carbocycles. The molecule has 13 N–H and O–H groups in total. The van der Waals surface area contributed by atoms with Gasteiger partial charge in [-0.05, 0) is 158 Å². The van der Waals surface area contributed by atoms with Gasteiger partial charge in [-0.15, -0.1) is 0 Å². The molecule has 8 aliphatic rings. The van der Waals surface area contributed by atoms with Crippen LogP contribution >= 0.6 is 11.3 Å². The summed E-state index contributed by atoms with van der Waals surface area (Å²) >= 11 is 1.38. The van der Waals surface area contributed by atoms with E-state index in [1.807, 2.05) is 52.9 Å². The minimum Gasteiger partial charge on any atom is -0.479 e. The van der Waals surface area contributed by atoms with Crippen molar-refractivity contribution >= 4 is 102 Å². The fourth-order valence-corrected chi connectivity index (χ4v) is 21.4. The number of nitrogens with one attached hydrogen (secondary N) is 3. The first-order valence-electron chi connectivity index (χ1n) is 41.7. The van der Waals surface area contributed by atoms with Gasteiger partial charge in [-0.1, -0.05) is 81.5 Å². The van der Waals surface area contributed by atoms with E-state index in [2.05, 4.69) is 34.8 Å². The van der Waals surface area contributed by atoms with E-state index in [-0.39, 0.29) is 86.3 Å². The van der Waals surface area contributed by atoms with Crippen molar-refractivity contribution in [1.29, 1.82) is 0 Å². The van der Waals surface area contributed by atoms with Crippen molar-refractivity contribution < 1.29 is 126 Å². The van der Waals surface area contributed by atoms with Crippen LogP contribution in [0.25, 0.3) is 21.3 Å². The highest BCUT2D eigenvalue weighted by molar-refractivity contribution is 7.85. The van der Waals surface area contributed by atoms with Gasteiger partial charge >= 0.3 is 18.0 Å². The number of aliphatic carboxylic acids is 1. The summed E-state index contributed by atoms with van der Waals surface area (Å²) in [7, 11) is -4.44. The third kappa shape index (κ3) is 20.9. The van der Waals surface area contributed by atoms with Crippen molar-refractivity contribution in [2.45, 2.75) is 217 Å². The number of rotatable bonds is 38. The molecule has 14 atom stereocenters. The largest absolute Gasteiger partial charge is 0.479 e. The van der Waals surface area contributed by atoms with E-state index in [0.29, 0.717) is 89.6 Å². The van der Waals surface area contributed by atoms with Crippen molar-refractivity contribution in [3.63, 3.8) is 0 Å². The number of imide groups is 1. The average molecular weight is 1770 g/mol. The second kappa shape index (κ2) is 37.8. The van der Waals surface area contributed by atoms with Crippen molar-refractivity contribution in [2.75, 3.05) is 68.6 Å². The molecule has 6 fully saturated rings. The molecule has 0 radical (unpaired) electrons. The number of aliphatic hydroxyl groups is 7. The number of Topliss-reactive ketones (excluding diaryl/α,β-unsaturated/α-hetero) is 1. The van der Waals surface area contributed by atoms with Crippen LogP contribution in [-0.2, 0) is 102 Å². The van der Waals surface area contributed by atoms with Crippen LogP contribution in [0.2, 0.25) is 0 Å². The Morgan fingerprint density at radius 1 is 0.808 bits per heavy atom. The maximum Gasteiger partial charge on any atom is 0.410 e. The van der Waals surface area contributed by atoms with E-state index in [0.717, 1.165) is 68.3 Å². The maximum atomic E-state index is 14.7. The summed E-state index contributed by atoms with van der Waals surface area (Å²) in [6.45, 7) is 8.88. The predicted molar refractivity (Wildman–Crippen MR) is 447 cm³/mol. The molecule has 39 heteroatoms. The molecule has 37 nitrogen and oxygen atoms in total. The molecule has 674 valence electrons. The van der Waals surface area contributed by atoms with Gasteiger partial charge in [0, 0.05) is 80.1 Å². The molecule has 3 unspecified atom stereocenters. The fourth-order valence-electron chi connectivity index (χ4n) is 20.2. The van der Waals surface area contributed by atoms with Crippen molar-refractivity contribution in [1.82, 2.24) is 45.1 Å². The van der Waals surface area contributed by atoms with Gasteiger partial charge < -0.3 is 90.2 Å². The number of ketones is 1. The zero-order valence-electron chi connectivity index (χ0n) is 70.0. The van der Waals surface area contributed by atoms with Crippen LogP contribution in [0.4, 0.5) is 15.7 Å². The number of carbonyl (C=O) groups excluding carboxylic acids is 8. The highest BCUT2D eigenvalue weighted by Gasteiger charge is 2.66. The van der Waals surface area contributed by atoms with Gasteiger partial charge in [0.2, 0.25) is 17.7 Å². The summed E-state index contributed by atoms with van der Waals surface area (Å²) in [4.78, 5) is 150. The summed E-state index contributed by atoms with van der Waals surface area (Å²) in [5.41, 5.74) is 4.08. The zero-order valence-corrected chi connectivity index (χ0v) is 71.7. The van der Waals surface area contributed by atoms with Crippen LogP contribution in [0.5, 0.6) is 0 Å². The first-order valence-corrected chi connectivity index (χ1v) is 44.1. The number of likely N-dealkylation sites (tertiary alicyclic amines) is 1. The highest BCUT2D eigenvalue weighted by atomic mass is 32.2. The number of fused-ring (bicyclic) bond motifs is 2. The molecule has 4 aliphatic heterocycles. The smallest absolute Gasteiger partial charge is 0.410 e.